The monoisotopic (exact) mass is 524 g/mol. The number of hydrogen-bond donors (Lipinski definition) is 0. The number of methoxy groups -OCH3 is 1. The summed E-state index contributed by atoms with van der Waals surface area (Å²) in [6, 6.07) is 15.5. The fraction of sp³-hybridized carbons (Fsp3) is 0.355. The van der Waals surface area contributed by atoms with Crippen LogP contribution in [0.2, 0.25) is 0 Å². The number of likely N-dealkylation sites (tertiary alicyclic amines) is 1. The number of aliphatic imine (C=N–C) groups is 1. The fourth-order valence-corrected chi connectivity index (χ4v) is 6.11. The SMILES string of the molecule is CCC1CC=CC(C2CCN(C(=O)Cc3ccc(OC)cc3)CC2)=CC1=Nc1nc2ccc(C#N)cc2s1. The molecule has 1 aromatic heterocycles. The molecule has 0 N–H and O–H groups in total. The van der Waals surface area contributed by atoms with Crippen LogP contribution in [0.3, 0.4) is 0 Å². The molecule has 6 nitrogen and oxygen atoms in total. The number of hydrogen-bond acceptors (Lipinski definition) is 6. The quantitative estimate of drug-likeness (QED) is 0.362. The van der Waals surface area contributed by atoms with Crippen LogP contribution in [0.5, 0.6) is 5.75 Å². The summed E-state index contributed by atoms with van der Waals surface area (Å²) in [5, 5.41) is 9.95. The Morgan fingerprint density at radius 3 is 2.71 bits per heavy atom. The van der Waals surface area contributed by atoms with Gasteiger partial charge >= 0.3 is 0 Å². The summed E-state index contributed by atoms with van der Waals surface area (Å²) in [5.41, 5.74) is 4.91. The van der Waals surface area contributed by atoms with E-state index in [0.29, 0.717) is 23.8 Å². The first-order valence-corrected chi connectivity index (χ1v) is 14.1. The number of amides is 1. The first kappa shape index (κ1) is 25.9. The van der Waals surface area contributed by atoms with Gasteiger partial charge in [0, 0.05) is 24.7 Å². The number of nitrogens with zero attached hydrogens (tertiary/aromatic N) is 4. The molecule has 1 fully saturated rings. The number of piperidine rings is 1. The normalized spacial score (nSPS) is 19.3. The van der Waals surface area contributed by atoms with E-state index in [9.17, 15) is 10.1 Å². The highest BCUT2D eigenvalue weighted by molar-refractivity contribution is 7.22. The fourth-order valence-electron chi connectivity index (χ4n) is 5.21. The maximum Gasteiger partial charge on any atom is 0.226 e. The van der Waals surface area contributed by atoms with Crippen LogP contribution in [0, 0.1) is 23.2 Å². The average molecular weight is 525 g/mol. The van der Waals surface area contributed by atoms with Gasteiger partial charge < -0.3 is 9.64 Å². The van der Waals surface area contributed by atoms with Crippen LogP contribution in [0.25, 0.3) is 10.2 Å². The smallest absolute Gasteiger partial charge is 0.226 e. The van der Waals surface area contributed by atoms with Crippen LogP contribution in [0.1, 0.15) is 43.7 Å². The molecule has 0 saturated carbocycles. The van der Waals surface area contributed by atoms with Crippen molar-refractivity contribution in [2.45, 2.75) is 39.0 Å². The van der Waals surface area contributed by atoms with Crippen molar-refractivity contribution in [1.82, 2.24) is 9.88 Å². The predicted molar refractivity (Wildman–Crippen MR) is 153 cm³/mol. The third-order valence-corrected chi connectivity index (χ3v) is 8.43. The molecule has 194 valence electrons. The van der Waals surface area contributed by atoms with E-state index in [1.165, 1.54) is 16.9 Å². The van der Waals surface area contributed by atoms with Crippen molar-refractivity contribution in [1.29, 1.82) is 5.26 Å². The van der Waals surface area contributed by atoms with Gasteiger partial charge in [-0.3, -0.25) is 4.79 Å². The number of fused-ring (bicyclic) bond motifs is 1. The van der Waals surface area contributed by atoms with E-state index in [2.05, 4.69) is 31.2 Å². The molecular formula is C31H32N4O2S. The van der Waals surface area contributed by atoms with Gasteiger partial charge in [-0.05, 0) is 79.1 Å². The molecule has 1 aliphatic carbocycles. The Balaban J connectivity index is 1.29. The van der Waals surface area contributed by atoms with E-state index in [1.54, 1.807) is 13.2 Å². The molecule has 5 rings (SSSR count). The van der Waals surface area contributed by atoms with Crippen molar-refractivity contribution in [3.63, 3.8) is 0 Å². The van der Waals surface area contributed by atoms with Gasteiger partial charge in [-0.25, -0.2) is 9.98 Å². The molecule has 3 aromatic rings. The Kier molecular flexibility index (Phi) is 8.00. The van der Waals surface area contributed by atoms with Gasteiger partial charge in [-0.2, -0.15) is 5.26 Å². The van der Waals surface area contributed by atoms with Crippen molar-refractivity contribution in [3.8, 4) is 11.8 Å². The van der Waals surface area contributed by atoms with E-state index in [1.807, 2.05) is 41.3 Å². The lowest BCUT2D eigenvalue weighted by Gasteiger charge is -2.33. The van der Waals surface area contributed by atoms with Crippen LogP contribution in [0.15, 0.2) is 71.3 Å². The molecule has 38 heavy (non-hydrogen) atoms. The van der Waals surface area contributed by atoms with Gasteiger partial charge in [0.05, 0.1) is 35.4 Å². The van der Waals surface area contributed by atoms with E-state index in [4.69, 9.17) is 14.7 Å². The number of carbonyl (C=O) groups excluding carboxylic acids is 1. The zero-order valence-electron chi connectivity index (χ0n) is 21.9. The van der Waals surface area contributed by atoms with Crippen molar-refractivity contribution < 1.29 is 9.53 Å². The first-order valence-electron chi connectivity index (χ1n) is 13.2. The van der Waals surface area contributed by atoms with Crippen LogP contribution >= 0.6 is 11.3 Å². The van der Waals surface area contributed by atoms with Crippen molar-refractivity contribution in [3.05, 3.63) is 77.4 Å². The van der Waals surface area contributed by atoms with E-state index < -0.39 is 0 Å². The molecule has 1 unspecified atom stereocenters. The summed E-state index contributed by atoms with van der Waals surface area (Å²) < 4.78 is 6.20. The number of benzene rings is 2. The molecule has 1 saturated heterocycles. The molecule has 1 aliphatic heterocycles. The molecule has 2 aliphatic rings. The van der Waals surface area contributed by atoms with E-state index in [0.717, 1.165) is 71.1 Å². The Bertz CT molecular complexity index is 1440. The molecule has 1 atom stereocenters. The van der Waals surface area contributed by atoms with Crippen molar-refractivity contribution in [2.75, 3.05) is 20.2 Å². The van der Waals surface area contributed by atoms with Gasteiger partial charge in [-0.1, -0.05) is 42.5 Å². The predicted octanol–water partition coefficient (Wildman–Crippen LogP) is 6.64. The van der Waals surface area contributed by atoms with Gasteiger partial charge in [0.1, 0.15) is 5.75 Å². The third kappa shape index (κ3) is 5.87. The second kappa shape index (κ2) is 11.7. The molecule has 2 heterocycles. The Hall–Kier alpha value is -3.76. The Morgan fingerprint density at radius 2 is 2.00 bits per heavy atom. The Morgan fingerprint density at radius 1 is 1.21 bits per heavy atom. The van der Waals surface area contributed by atoms with Gasteiger partial charge in [0.15, 0.2) is 0 Å². The van der Waals surface area contributed by atoms with E-state index in [-0.39, 0.29) is 5.91 Å². The zero-order valence-corrected chi connectivity index (χ0v) is 22.7. The lowest BCUT2D eigenvalue weighted by Crippen LogP contribution is -2.39. The highest BCUT2D eigenvalue weighted by Gasteiger charge is 2.26. The van der Waals surface area contributed by atoms with Crippen molar-refractivity contribution in [2.24, 2.45) is 16.8 Å². The number of aromatic nitrogens is 1. The van der Waals surface area contributed by atoms with E-state index >= 15 is 0 Å². The highest BCUT2D eigenvalue weighted by Crippen LogP contribution is 2.33. The number of rotatable bonds is 6. The highest BCUT2D eigenvalue weighted by atomic mass is 32.1. The third-order valence-electron chi connectivity index (χ3n) is 7.52. The van der Waals surface area contributed by atoms with Gasteiger partial charge in [-0.15, -0.1) is 0 Å². The lowest BCUT2D eigenvalue weighted by atomic mass is 9.87. The van der Waals surface area contributed by atoms with Crippen molar-refractivity contribution >= 4 is 38.3 Å². The van der Waals surface area contributed by atoms with Gasteiger partial charge in [0.25, 0.3) is 0 Å². The zero-order chi connectivity index (χ0) is 26.5. The summed E-state index contributed by atoms with van der Waals surface area (Å²) in [6.45, 7) is 3.75. The lowest BCUT2D eigenvalue weighted by molar-refractivity contribution is -0.131. The van der Waals surface area contributed by atoms with Crippen LogP contribution in [-0.2, 0) is 11.2 Å². The molecule has 0 bridgehead atoms. The van der Waals surface area contributed by atoms with Crippen LogP contribution in [0.4, 0.5) is 5.13 Å². The Labute approximate surface area is 228 Å². The minimum Gasteiger partial charge on any atom is -0.497 e. The maximum absolute atomic E-state index is 12.9. The number of allylic oxidation sites excluding steroid dienone is 4. The standard InChI is InChI=1S/C31H32N4O2S/c1-3-23-5-4-6-25(19-28(23)34-31-33-27-12-9-22(20-32)17-29(27)38-31)24-13-15-35(16-14-24)30(36)18-21-7-10-26(37-2)11-8-21/h4,6-12,17,19,23-24H,3,5,13-16,18H2,1-2H3. The maximum atomic E-state index is 12.9. The number of carbonyl (C=O) groups is 1. The molecule has 2 aromatic carbocycles. The number of thiazole rings is 1. The minimum atomic E-state index is 0.183. The second-order valence-electron chi connectivity index (χ2n) is 9.89. The summed E-state index contributed by atoms with van der Waals surface area (Å²) in [5.74, 6) is 1.74. The molecular weight excluding hydrogens is 492 g/mol. The number of ether oxygens (including phenoxy) is 1. The summed E-state index contributed by atoms with van der Waals surface area (Å²) >= 11 is 1.53. The summed E-state index contributed by atoms with van der Waals surface area (Å²) in [7, 11) is 1.65. The van der Waals surface area contributed by atoms with Crippen LogP contribution < -0.4 is 4.74 Å². The molecule has 7 heteroatoms. The summed E-state index contributed by atoms with van der Waals surface area (Å²) in [4.78, 5) is 24.7. The second-order valence-corrected chi connectivity index (χ2v) is 10.9. The molecule has 1 amide bonds. The topological polar surface area (TPSA) is 78.6 Å². The first-order chi connectivity index (χ1) is 18.6. The van der Waals surface area contributed by atoms with Crippen LogP contribution in [-0.4, -0.2) is 41.7 Å². The van der Waals surface area contributed by atoms with Gasteiger partial charge in [0.2, 0.25) is 11.0 Å². The summed E-state index contributed by atoms with van der Waals surface area (Å²) in [6.07, 6.45) is 11.1. The minimum absolute atomic E-state index is 0.183. The average Bonchev–Trinajstić information content (AvgIpc) is 3.24. The molecule has 0 spiro atoms. The molecule has 0 radical (unpaired) electrons. The number of nitriles is 1. The largest absolute Gasteiger partial charge is 0.497 e.